The summed E-state index contributed by atoms with van der Waals surface area (Å²) in [5.41, 5.74) is 9.83. The first-order valence-electron chi connectivity index (χ1n) is 11.5. The molecule has 0 atom stereocenters. The van der Waals surface area contributed by atoms with Gasteiger partial charge < -0.3 is 0 Å². The molecule has 0 saturated heterocycles. The van der Waals surface area contributed by atoms with Crippen molar-refractivity contribution in [2.75, 3.05) is 0 Å². The van der Waals surface area contributed by atoms with Crippen LogP contribution in [0.2, 0.25) is 0 Å². The number of ketones is 2. The summed E-state index contributed by atoms with van der Waals surface area (Å²) in [4.78, 5) is 25.3. The van der Waals surface area contributed by atoms with E-state index in [9.17, 15) is 9.59 Å². The summed E-state index contributed by atoms with van der Waals surface area (Å²) in [7, 11) is 0. The van der Waals surface area contributed by atoms with Crippen LogP contribution in [-0.4, -0.2) is 11.6 Å². The molecule has 4 aromatic carbocycles. The Labute approximate surface area is 198 Å². The highest BCUT2D eigenvalue weighted by Gasteiger charge is 2.24. The summed E-state index contributed by atoms with van der Waals surface area (Å²) in [5.74, 6) is 0.265. The number of rotatable bonds is 3. The van der Waals surface area contributed by atoms with Crippen molar-refractivity contribution in [3.8, 4) is 11.1 Å². The average Bonchev–Trinajstić information content (AvgIpc) is 3.36. The lowest BCUT2D eigenvalue weighted by Crippen LogP contribution is -1.95. The minimum absolute atomic E-state index is 0.133. The van der Waals surface area contributed by atoms with E-state index in [1.54, 1.807) is 0 Å². The Bertz CT molecular complexity index is 1380. The first-order chi connectivity index (χ1) is 16.7. The zero-order valence-corrected chi connectivity index (χ0v) is 18.6. The fourth-order valence-electron chi connectivity index (χ4n) is 4.89. The second kappa shape index (κ2) is 8.24. The number of benzene rings is 4. The van der Waals surface area contributed by atoms with E-state index in [1.165, 1.54) is 0 Å². The van der Waals surface area contributed by atoms with Crippen LogP contribution in [0, 0.1) is 0 Å². The lowest BCUT2D eigenvalue weighted by Gasteiger charge is -2.04. The SMILES string of the molecule is O=C1C(=Cc2ccc(-c3ccc(C=C4Cc5ccccc5C4=O)cc3)cc2)Cc2ccccc21. The standard InChI is InChI=1S/C32H22O2/c33-31-27(19-25-5-1-3-7-29(25)31)17-21-9-13-23(14-10-21)24-15-11-22(12-16-24)18-28-20-26-6-2-4-8-30(26)32(28)34/h1-18H,19-20H2. The van der Waals surface area contributed by atoms with Gasteiger partial charge >= 0.3 is 0 Å². The van der Waals surface area contributed by atoms with Crippen molar-refractivity contribution in [3.05, 3.63) is 142 Å². The van der Waals surface area contributed by atoms with Gasteiger partial charge in [0.15, 0.2) is 11.6 Å². The maximum absolute atomic E-state index is 12.6. The Balaban J connectivity index is 1.19. The zero-order chi connectivity index (χ0) is 23.1. The predicted octanol–water partition coefficient (Wildman–Crippen LogP) is 7.00. The molecule has 0 heterocycles. The van der Waals surface area contributed by atoms with E-state index < -0.39 is 0 Å². The van der Waals surface area contributed by atoms with E-state index in [0.29, 0.717) is 12.8 Å². The number of allylic oxidation sites excluding steroid dienone is 2. The fourth-order valence-corrected chi connectivity index (χ4v) is 4.89. The number of fused-ring (bicyclic) bond motifs is 2. The normalized spacial score (nSPS) is 16.8. The highest BCUT2D eigenvalue weighted by atomic mass is 16.1. The van der Waals surface area contributed by atoms with Gasteiger partial charge in [0.05, 0.1) is 0 Å². The van der Waals surface area contributed by atoms with Gasteiger partial charge in [-0.2, -0.15) is 0 Å². The van der Waals surface area contributed by atoms with Gasteiger partial charge in [-0.25, -0.2) is 0 Å². The average molecular weight is 439 g/mol. The molecule has 2 aliphatic rings. The van der Waals surface area contributed by atoms with E-state index in [4.69, 9.17) is 0 Å². The minimum Gasteiger partial charge on any atom is -0.289 e. The van der Waals surface area contributed by atoms with Crippen molar-refractivity contribution >= 4 is 23.7 Å². The second-order valence-electron chi connectivity index (χ2n) is 8.91. The first kappa shape index (κ1) is 20.3. The van der Waals surface area contributed by atoms with Gasteiger partial charge in [-0.3, -0.25) is 9.59 Å². The molecular weight excluding hydrogens is 416 g/mol. The monoisotopic (exact) mass is 438 g/mol. The maximum atomic E-state index is 12.6. The van der Waals surface area contributed by atoms with Crippen LogP contribution >= 0.6 is 0 Å². The summed E-state index contributed by atoms with van der Waals surface area (Å²) in [6.07, 6.45) is 5.39. The Morgan fingerprint density at radius 1 is 0.471 bits per heavy atom. The van der Waals surface area contributed by atoms with Crippen LogP contribution in [0.3, 0.4) is 0 Å². The Morgan fingerprint density at radius 2 is 0.853 bits per heavy atom. The summed E-state index contributed by atoms with van der Waals surface area (Å²) < 4.78 is 0. The quantitative estimate of drug-likeness (QED) is 0.323. The molecule has 0 aromatic heterocycles. The molecule has 6 rings (SSSR count). The molecular formula is C32H22O2. The van der Waals surface area contributed by atoms with Gasteiger partial charge in [0.1, 0.15) is 0 Å². The van der Waals surface area contributed by atoms with Crippen LogP contribution in [0.1, 0.15) is 43.0 Å². The lowest BCUT2D eigenvalue weighted by molar-refractivity contribution is 0.103. The fraction of sp³-hybridized carbons (Fsp3) is 0.0625. The molecule has 2 heteroatoms. The van der Waals surface area contributed by atoms with Crippen LogP contribution in [0.25, 0.3) is 23.3 Å². The smallest absolute Gasteiger partial charge is 0.189 e. The van der Waals surface area contributed by atoms with Gasteiger partial charge in [0.25, 0.3) is 0 Å². The molecule has 2 aliphatic carbocycles. The summed E-state index contributed by atoms with van der Waals surface area (Å²) in [6, 6.07) is 32.2. The zero-order valence-electron chi connectivity index (χ0n) is 18.6. The number of hydrogen-bond acceptors (Lipinski definition) is 2. The largest absolute Gasteiger partial charge is 0.289 e. The van der Waals surface area contributed by atoms with Crippen molar-refractivity contribution in [1.29, 1.82) is 0 Å². The van der Waals surface area contributed by atoms with Gasteiger partial charge in [-0.1, -0.05) is 97.1 Å². The predicted molar refractivity (Wildman–Crippen MR) is 137 cm³/mol. The van der Waals surface area contributed by atoms with Crippen LogP contribution in [0.4, 0.5) is 0 Å². The summed E-state index contributed by atoms with van der Waals surface area (Å²) in [6.45, 7) is 0. The summed E-state index contributed by atoms with van der Waals surface area (Å²) in [5, 5.41) is 0. The molecule has 0 N–H and O–H groups in total. The molecule has 4 aromatic rings. The van der Waals surface area contributed by atoms with Crippen LogP contribution in [0.5, 0.6) is 0 Å². The molecule has 0 amide bonds. The van der Waals surface area contributed by atoms with Crippen LogP contribution < -0.4 is 0 Å². The van der Waals surface area contributed by atoms with Crippen molar-refractivity contribution in [3.63, 3.8) is 0 Å². The van der Waals surface area contributed by atoms with E-state index >= 15 is 0 Å². The number of carbonyl (C=O) groups excluding carboxylic acids is 2. The lowest BCUT2D eigenvalue weighted by atomic mass is 10.00. The van der Waals surface area contributed by atoms with Crippen LogP contribution in [0.15, 0.2) is 108 Å². The van der Waals surface area contributed by atoms with E-state index in [-0.39, 0.29) is 11.6 Å². The third kappa shape index (κ3) is 3.64. The Kier molecular flexibility index (Phi) is 4.92. The molecule has 0 fully saturated rings. The van der Waals surface area contributed by atoms with E-state index in [2.05, 4.69) is 48.5 Å². The Morgan fingerprint density at radius 3 is 1.24 bits per heavy atom. The third-order valence-electron chi connectivity index (χ3n) is 6.71. The maximum Gasteiger partial charge on any atom is 0.189 e. The first-order valence-corrected chi connectivity index (χ1v) is 11.5. The van der Waals surface area contributed by atoms with Gasteiger partial charge in [-0.15, -0.1) is 0 Å². The van der Waals surface area contributed by atoms with E-state index in [1.807, 2.05) is 60.7 Å². The highest BCUT2D eigenvalue weighted by molar-refractivity contribution is 6.16. The van der Waals surface area contributed by atoms with Crippen molar-refractivity contribution in [2.45, 2.75) is 12.8 Å². The van der Waals surface area contributed by atoms with Gasteiger partial charge in [0, 0.05) is 35.1 Å². The topological polar surface area (TPSA) is 34.1 Å². The molecule has 0 bridgehead atoms. The van der Waals surface area contributed by atoms with Gasteiger partial charge in [0.2, 0.25) is 0 Å². The summed E-state index contributed by atoms with van der Waals surface area (Å²) >= 11 is 0. The molecule has 0 aliphatic heterocycles. The number of Topliss-reactive ketones (excluding diaryl/α,β-unsaturated/α-hetero) is 2. The molecule has 0 unspecified atom stereocenters. The Hall–Kier alpha value is -4.30. The molecule has 0 spiro atoms. The van der Waals surface area contributed by atoms with Crippen molar-refractivity contribution in [2.24, 2.45) is 0 Å². The molecule has 0 saturated carbocycles. The number of carbonyl (C=O) groups is 2. The number of hydrogen-bond donors (Lipinski definition) is 0. The third-order valence-corrected chi connectivity index (χ3v) is 6.71. The minimum atomic E-state index is 0.133. The van der Waals surface area contributed by atoms with E-state index in [0.717, 1.165) is 55.7 Å². The van der Waals surface area contributed by atoms with Crippen molar-refractivity contribution < 1.29 is 9.59 Å². The van der Waals surface area contributed by atoms with Crippen molar-refractivity contribution in [1.82, 2.24) is 0 Å². The molecule has 34 heavy (non-hydrogen) atoms. The van der Waals surface area contributed by atoms with Gasteiger partial charge in [-0.05, 0) is 45.5 Å². The van der Waals surface area contributed by atoms with Crippen LogP contribution in [-0.2, 0) is 12.8 Å². The second-order valence-corrected chi connectivity index (χ2v) is 8.91. The molecule has 162 valence electrons. The molecule has 2 nitrogen and oxygen atoms in total. The molecule has 0 radical (unpaired) electrons. The highest BCUT2D eigenvalue weighted by Crippen LogP contribution is 2.30.